The van der Waals surface area contributed by atoms with Crippen molar-refractivity contribution >= 4 is 19.7 Å². The van der Waals surface area contributed by atoms with Gasteiger partial charge in [-0.2, -0.15) is 0 Å². The van der Waals surface area contributed by atoms with Crippen molar-refractivity contribution in [3.63, 3.8) is 0 Å². The van der Waals surface area contributed by atoms with E-state index in [1.54, 1.807) is 0 Å². The Hall–Kier alpha value is 0.467. The van der Waals surface area contributed by atoms with Gasteiger partial charge in [0.25, 0.3) is 0 Å². The zero-order valence-corrected chi connectivity index (χ0v) is 8.33. The molecule has 0 aromatic heterocycles. The van der Waals surface area contributed by atoms with Crippen molar-refractivity contribution in [2.45, 2.75) is 31.8 Å². The molecule has 0 aromatic rings. The molecule has 0 bridgehead atoms. The van der Waals surface area contributed by atoms with Crippen molar-refractivity contribution in [2.75, 3.05) is 6.61 Å². The summed E-state index contributed by atoms with van der Waals surface area (Å²) >= 11 is 5.90. The monoisotopic (exact) mass is 166 g/mol. The van der Waals surface area contributed by atoms with Crippen molar-refractivity contribution in [2.24, 2.45) is 0 Å². The molecule has 9 heavy (non-hydrogen) atoms. The fourth-order valence-corrected chi connectivity index (χ4v) is 1.19. The predicted octanol–water partition coefficient (Wildman–Crippen LogP) is 2.47. The Balaban J connectivity index is 3.59. The van der Waals surface area contributed by atoms with E-state index in [4.69, 9.17) is 16.3 Å². The molecule has 0 heterocycles. The van der Waals surface area contributed by atoms with Crippen LogP contribution in [-0.4, -0.2) is 19.9 Å². The first-order valence-corrected chi connectivity index (χ1v) is 7.25. The van der Waals surface area contributed by atoms with Crippen molar-refractivity contribution in [3.8, 4) is 0 Å². The summed E-state index contributed by atoms with van der Waals surface area (Å²) < 4.78 is 5.23. The van der Waals surface area contributed by atoms with E-state index in [0.717, 1.165) is 6.61 Å². The van der Waals surface area contributed by atoms with Crippen LogP contribution in [0.15, 0.2) is 0 Å². The molecule has 1 nitrogen and oxygen atoms in total. The fourth-order valence-electron chi connectivity index (χ4n) is 0.396. The van der Waals surface area contributed by atoms with Crippen LogP contribution < -0.4 is 0 Å². The van der Waals surface area contributed by atoms with Gasteiger partial charge in [0.05, 0.1) is 8.07 Å². The van der Waals surface area contributed by atoms with E-state index in [-0.39, 0.29) is 5.19 Å². The summed E-state index contributed by atoms with van der Waals surface area (Å²) in [6, 6.07) is 0. The number of alkyl halides is 1. The number of halogens is 1. The van der Waals surface area contributed by atoms with Gasteiger partial charge in [0, 0.05) is 6.61 Å². The number of hydrogen-bond acceptors (Lipinski definition) is 1. The van der Waals surface area contributed by atoms with Crippen LogP contribution in [-0.2, 0) is 4.74 Å². The topological polar surface area (TPSA) is 9.23 Å². The highest BCUT2D eigenvalue weighted by Crippen LogP contribution is 2.14. The Kier molecular flexibility index (Phi) is 3.78. The number of rotatable bonds is 3. The summed E-state index contributed by atoms with van der Waals surface area (Å²) in [7, 11) is -1.24. The minimum atomic E-state index is -1.24. The number of hydrogen-bond donors (Lipinski definition) is 0. The highest BCUT2D eigenvalue weighted by molar-refractivity contribution is 6.83. The van der Waals surface area contributed by atoms with E-state index in [9.17, 15) is 0 Å². The first-order valence-electron chi connectivity index (χ1n) is 3.24. The van der Waals surface area contributed by atoms with Gasteiger partial charge >= 0.3 is 0 Å². The Morgan fingerprint density at radius 1 is 1.44 bits per heavy atom. The first-order chi connectivity index (χ1) is 3.98. The SMILES string of the molecule is CCOC(Cl)[Si](C)(C)C. The van der Waals surface area contributed by atoms with E-state index < -0.39 is 8.07 Å². The maximum absolute atomic E-state index is 5.90. The van der Waals surface area contributed by atoms with Crippen molar-refractivity contribution < 1.29 is 4.74 Å². The molecule has 0 saturated heterocycles. The van der Waals surface area contributed by atoms with Gasteiger partial charge in [-0.15, -0.1) is 0 Å². The molecule has 0 aliphatic heterocycles. The van der Waals surface area contributed by atoms with Crippen molar-refractivity contribution in [1.82, 2.24) is 0 Å². The van der Waals surface area contributed by atoms with Crippen LogP contribution >= 0.6 is 11.6 Å². The molecular weight excluding hydrogens is 152 g/mol. The molecule has 56 valence electrons. The standard InChI is InChI=1S/C6H15ClOSi/c1-5-8-6(7)9(2,3)4/h6H,5H2,1-4H3. The quantitative estimate of drug-likeness (QED) is 0.463. The zero-order chi connectivity index (χ0) is 7.49. The minimum Gasteiger partial charge on any atom is -0.367 e. The molecular formula is C6H15ClOSi. The lowest BCUT2D eigenvalue weighted by Gasteiger charge is -2.21. The minimum absolute atomic E-state index is 0.0255. The maximum atomic E-state index is 5.90. The first kappa shape index (κ1) is 9.47. The average Bonchev–Trinajstić information content (AvgIpc) is 1.64. The van der Waals surface area contributed by atoms with E-state index in [1.165, 1.54) is 0 Å². The summed E-state index contributed by atoms with van der Waals surface area (Å²) in [5, 5.41) is -0.0255. The fraction of sp³-hybridized carbons (Fsp3) is 1.00. The van der Waals surface area contributed by atoms with Crippen LogP contribution in [0.3, 0.4) is 0 Å². The molecule has 0 saturated carbocycles. The van der Waals surface area contributed by atoms with Gasteiger partial charge in [-0.25, -0.2) is 0 Å². The molecule has 0 amide bonds. The second kappa shape index (κ2) is 3.59. The lowest BCUT2D eigenvalue weighted by atomic mass is 10.9. The van der Waals surface area contributed by atoms with Gasteiger partial charge in [0.2, 0.25) is 0 Å². The molecule has 1 atom stereocenters. The van der Waals surface area contributed by atoms with E-state index in [1.807, 2.05) is 6.92 Å². The molecule has 0 N–H and O–H groups in total. The second-order valence-electron chi connectivity index (χ2n) is 3.14. The lowest BCUT2D eigenvalue weighted by Crippen LogP contribution is -2.35. The molecule has 0 aromatic carbocycles. The largest absolute Gasteiger partial charge is 0.367 e. The number of ether oxygens (including phenoxy) is 1. The molecule has 0 radical (unpaired) electrons. The summed E-state index contributed by atoms with van der Waals surface area (Å²) in [5.74, 6) is 0. The van der Waals surface area contributed by atoms with E-state index in [2.05, 4.69) is 19.6 Å². The molecule has 3 heteroatoms. The summed E-state index contributed by atoms with van der Waals surface area (Å²) in [4.78, 5) is 0. The zero-order valence-electron chi connectivity index (χ0n) is 6.57. The van der Waals surface area contributed by atoms with Gasteiger partial charge < -0.3 is 4.74 Å². The maximum Gasteiger partial charge on any atom is 0.118 e. The van der Waals surface area contributed by atoms with E-state index in [0.29, 0.717) is 0 Å². The summed E-state index contributed by atoms with van der Waals surface area (Å²) in [6.07, 6.45) is 0. The molecule has 0 aliphatic rings. The third kappa shape index (κ3) is 3.95. The van der Waals surface area contributed by atoms with Gasteiger partial charge in [-0.3, -0.25) is 0 Å². The molecule has 0 fully saturated rings. The van der Waals surface area contributed by atoms with Gasteiger partial charge in [-0.1, -0.05) is 31.2 Å². The normalized spacial score (nSPS) is 15.7. The average molecular weight is 167 g/mol. The van der Waals surface area contributed by atoms with Crippen molar-refractivity contribution in [1.29, 1.82) is 0 Å². The van der Waals surface area contributed by atoms with Crippen LogP contribution in [0, 0.1) is 0 Å². The van der Waals surface area contributed by atoms with Gasteiger partial charge in [-0.05, 0) is 6.92 Å². The van der Waals surface area contributed by atoms with Crippen LogP contribution in [0.25, 0.3) is 0 Å². The Labute approximate surface area is 63.4 Å². The smallest absolute Gasteiger partial charge is 0.118 e. The van der Waals surface area contributed by atoms with E-state index >= 15 is 0 Å². The third-order valence-corrected chi connectivity index (χ3v) is 4.61. The van der Waals surface area contributed by atoms with Gasteiger partial charge in [0.1, 0.15) is 5.19 Å². The summed E-state index contributed by atoms with van der Waals surface area (Å²) in [6.45, 7) is 9.27. The van der Waals surface area contributed by atoms with Gasteiger partial charge in [0.15, 0.2) is 0 Å². The Bertz CT molecular complexity index is 79.6. The molecule has 0 spiro atoms. The molecule has 0 rings (SSSR count). The Morgan fingerprint density at radius 2 is 1.89 bits per heavy atom. The van der Waals surface area contributed by atoms with Crippen molar-refractivity contribution in [3.05, 3.63) is 0 Å². The molecule has 1 unspecified atom stereocenters. The van der Waals surface area contributed by atoms with Crippen LogP contribution in [0.1, 0.15) is 6.92 Å². The summed E-state index contributed by atoms with van der Waals surface area (Å²) in [5.41, 5.74) is 0. The predicted molar refractivity (Wildman–Crippen MR) is 44.6 cm³/mol. The third-order valence-electron chi connectivity index (χ3n) is 0.994. The Morgan fingerprint density at radius 3 is 2.00 bits per heavy atom. The molecule has 0 aliphatic carbocycles. The van der Waals surface area contributed by atoms with Crippen LogP contribution in [0.4, 0.5) is 0 Å². The lowest BCUT2D eigenvalue weighted by molar-refractivity contribution is 0.162. The van der Waals surface area contributed by atoms with Crippen LogP contribution in [0.5, 0.6) is 0 Å². The highest BCUT2D eigenvalue weighted by Gasteiger charge is 2.24. The second-order valence-corrected chi connectivity index (χ2v) is 9.16. The van der Waals surface area contributed by atoms with Crippen LogP contribution in [0.2, 0.25) is 19.6 Å². The highest BCUT2D eigenvalue weighted by atomic mass is 35.5.